The second-order valence-electron chi connectivity index (χ2n) is 6.45. The van der Waals surface area contributed by atoms with Crippen molar-refractivity contribution < 1.29 is 9.84 Å². The zero-order chi connectivity index (χ0) is 16.7. The fraction of sp³-hybridized carbons (Fsp3) is 0.400. The number of para-hydroxylation sites is 1. The first kappa shape index (κ1) is 17.5. The minimum Gasteiger partial charge on any atom is -0.490 e. The van der Waals surface area contributed by atoms with Gasteiger partial charge in [-0.15, -0.1) is 0 Å². The molecule has 0 amide bonds. The molecule has 0 aliphatic rings. The number of aliphatic hydroxyl groups excluding tert-OH is 1. The van der Waals surface area contributed by atoms with Gasteiger partial charge in [0.25, 0.3) is 0 Å². The summed E-state index contributed by atoms with van der Waals surface area (Å²) in [6.45, 7) is 7.19. The predicted molar refractivity (Wildman–Crippen MR) is 95.8 cm³/mol. The minimum absolute atomic E-state index is 0.0307. The average molecular weight is 313 g/mol. The van der Waals surface area contributed by atoms with Gasteiger partial charge < -0.3 is 15.2 Å². The van der Waals surface area contributed by atoms with Gasteiger partial charge in [-0.3, -0.25) is 0 Å². The molecule has 0 heterocycles. The number of ether oxygens (including phenoxy) is 1. The molecule has 0 radical (unpaired) electrons. The van der Waals surface area contributed by atoms with Gasteiger partial charge in [0.15, 0.2) is 0 Å². The molecular weight excluding hydrogens is 286 g/mol. The summed E-state index contributed by atoms with van der Waals surface area (Å²) in [6, 6.07) is 18.1. The molecule has 2 N–H and O–H groups in total. The van der Waals surface area contributed by atoms with Crippen LogP contribution in [0.4, 0.5) is 0 Å². The Hall–Kier alpha value is -1.84. The van der Waals surface area contributed by atoms with Crippen LogP contribution in [-0.2, 0) is 0 Å². The molecule has 0 fully saturated rings. The van der Waals surface area contributed by atoms with E-state index in [-0.39, 0.29) is 12.1 Å². The number of benzene rings is 2. The largest absolute Gasteiger partial charge is 0.490 e. The molecule has 2 rings (SSSR count). The first-order valence-corrected chi connectivity index (χ1v) is 8.22. The van der Waals surface area contributed by atoms with Crippen LogP contribution in [-0.4, -0.2) is 29.9 Å². The first-order chi connectivity index (χ1) is 11.0. The van der Waals surface area contributed by atoms with Crippen molar-refractivity contribution in [1.29, 1.82) is 0 Å². The van der Waals surface area contributed by atoms with Gasteiger partial charge in [0.05, 0.1) is 0 Å². The van der Waals surface area contributed by atoms with Crippen LogP contribution in [0.2, 0.25) is 0 Å². The lowest BCUT2D eigenvalue weighted by Gasteiger charge is -2.26. The Morgan fingerprint density at radius 2 is 1.70 bits per heavy atom. The molecule has 23 heavy (non-hydrogen) atoms. The van der Waals surface area contributed by atoms with E-state index in [0.717, 1.165) is 23.3 Å². The lowest BCUT2D eigenvalue weighted by atomic mass is 10.0. The van der Waals surface area contributed by atoms with E-state index in [4.69, 9.17) is 4.74 Å². The number of hydrogen-bond acceptors (Lipinski definition) is 3. The topological polar surface area (TPSA) is 41.5 Å². The normalized spacial score (nSPS) is 12.9. The van der Waals surface area contributed by atoms with Crippen molar-refractivity contribution in [2.24, 2.45) is 0 Å². The van der Waals surface area contributed by atoms with Crippen LogP contribution in [0.25, 0.3) is 11.1 Å². The third-order valence-electron chi connectivity index (χ3n) is 4.10. The fourth-order valence-electron chi connectivity index (χ4n) is 2.21. The van der Waals surface area contributed by atoms with E-state index in [1.165, 1.54) is 0 Å². The maximum absolute atomic E-state index is 10.1. The molecule has 3 nitrogen and oxygen atoms in total. The SMILES string of the molecule is CCC(C)(C)NCC(O)COc1ccccc1-c1ccccc1. The van der Waals surface area contributed by atoms with Gasteiger partial charge in [-0.1, -0.05) is 55.5 Å². The summed E-state index contributed by atoms with van der Waals surface area (Å²) in [5.41, 5.74) is 2.19. The molecule has 0 saturated heterocycles. The van der Waals surface area contributed by atoms with Gasteiger partial charge in [-0.05, 0) is 31.9 Å². The lowest BCUT2D eigenvalue weighted by molar-refractivity contribution is 0.0988. The van der Waals surface area contributed by atoms with E-state index in [1.54, 1.807) is 0 Å². The van der Waals surface area contributed by atoms with Gasteiger partial charge in [-0.2, -0.15) is 0 Å². The molecule has 2 aromatic carbocycles. The van der Waals surface area contributed by atoms with Crippen LogP contribution in [0.3, 0.4) is 0 Å². The zero-order valence-corrected chi connectivity index (χ0v) is 14.3. The highest BCUT2D eigenvalue weighted by Gasteiger charge is 2.16. The van der Waals surface area contributed by atoms with Gasteiger partial charge in [-0.25, -0.2) is 0 Å². The molecule has 0 aliphatic heterocycles. The van der Waals surface area contributed by atoms with Gasteiger partial charge in [0, 0.05) is 17.6 Å². The highest BCUT2D eigenvalue weighted by Crippen LogP contribution is 2.29. The second kappa shape index (κ2) is 8.14. The van der Waals surface area contributed by atoms with Crippen molar-refractivity contribution in [2.75, 3.05) is 13.2 Å². The summed E-state index contributed by atoms with van der Waals surface area (Å²) in [6.07, 6.45) is 0.474. The van der Waals surface area contributed by atoms with Crippen LogP contribution in [0.1, 0.15) is 27.2 Å². The van der Waals surface area contributed by atoms with E-state index < -0.39 is 6.10 Å². The molecule has 3 heteroatoms. The van der Waals surface area contributed by atoms with E-state index in [9.17, 15) is 5.11 Å². The van der Waals surface area contributed by atoms with Crippen molar-refractivity contribution >= 4 is 0 Å². The molecule has 0 aromatic heterocycles. The third kappa shape index (κ3) is 5.38. The van der Waals surface area contributed by atoms with Crippen molar-refractivity contribution in [3.05, 3.63) is 54.6 Å². The highest BCUT2D eigenvalue weighted by atomic mass is 16.5. The van der Waals surface area contributed by atoms with Gasteiger partial charge in [0.1, 0.15) is 18.5 Å². The summed E-state index contributed by atoms with van der Waals surface area (Å²) in [7, 11) is 0. The predicted octanol–water partition coefficient (Wildman–Crippen LogP) is 3.87. The highest BCUT2D eigenvalue weighted by molar-refractivity contribution is 5.70. The van der Waals surface area contributed by atoms with Crippen molar-refractivity contribution in [3.63, 3.8) is 0 Å². The number of rotatable bonds is 8. The molecule has 0 spiro atoms. The maximum Gasteiger partial charge on any atom is 0.127 e. The van der Waals surface area contributed by atoms with Crippen LogP contribution in [0.15, 0.2) is 54.6 Å². The van der Waals surface area contributed by atoms with Crippen LogP contribution in [0.5, 0.6) is 5.75 Å². The fourth-order valence-corrected chi connectivity index (χ4v) is 2.21. The second-order valence-corrected chi connectivity index (χ2v) is 6.45. The standard InChI is InChI=1S/C20H27NO2/c1-4-20(2,3)21-14-17(22)15-23-19-13-9-8-12-18(19)16-10-6-5-7-11-16/h5-13,17,21-22H,4,14-15H2,1-3H3. The quantitative estimate of drug-likeness (QED) is 0.777. The lowest BCUT2D eigenvalue weighted by Crippen LogP contribution is -2.44. The number of nitrogens with one attached hydrogen (secondary N) is 1. The average Bonchev–Trinajstić information content (AvgIpc) is 2.59. The number of hydrogen-bond donors (Lipinski definition) is 2. The summed E-state index contributed by atoms with van der Waals surface area (Å²) >= 11 is 0. The first-order valence-electron chi connectivity index (χ1n) is 8.22. The number of aliphatic hydroxyl groups is 1. The van der Waals surface area contributed by atoms with E-state index in [0.29, 0.717) is 6.54 Å². The van der Waals surface area contributed by atoms with Crippen LogP contribution >= 0.6 is 0 Å². The molecule has 0 bridgehead atoms. The van der Waals surface area contributed by atoms with Gasteiger partial charge >= 0.3 is 0 Å². The molecular formula is C20H27NO2. The summed E-state index contributed by atoms with van der Waals surface area (Å²) in [5.74, 6) is 0.799. The van der Waals surface area contributed by atoms with E-state index >= 15 is 0 Å². The Kier molecular flexibility index (Phi) is 6.20. The maximum atomic E-state index is 10.1. The van der Waals surface area contributed by atoms with Crippen LogP contribution < -0.4 is 10.1 Å². The van der Waals surface area contributed by atoms with E-state index in [2.05, 4.69) is 38.2 Å². The summed E-state index contributed by atoms with van der Waals surface area (Å²) in [4.78, 5) is 0. The monoisotopic (exact) mass is 313 g/mol. The Morgan fingerprint density at radius 1 is 1.04 bits per heavy atom. The molecule has 0 aliphatic carbocycles. The van der Waals surface area contributed by atoms with Crippen molar-refractivity contribution in [1.82, 2.24) is 5.32 Å². The Bertz CT molecular complexity index is 596. The Balaban J connectivity index is 1.96. The van der Waals surface area contributed by atoms with E-state index in [1.807, 2.05) is 42.5 Å². The molecule has 124 valence electrons. The van der Waals surface area contributed by atoms with Crippen LogP contribution in [0, 0.1) is 0 Å². The molecule has 1 atom stereocenters. The zero-order valence-electron chi connectivity index (χ0n) is 14.3. The summed E-state index contributed by atoms with van der Waals surface area (Å²) in [5, 5.41) is 13.5. The molecule has 2 aromatic rings. The van der Waals surface area contributed by atoms with Crippen molar-refractivity contribution in [3.8, 4) is 16.9 Å². The third-order valence-corrected chi connectivity index (χ3v) is 4.10. The van der Waals surface area contributed by atoms with Gasteiger partial charge in [0.2, 0.25) is 0 Å². The minimum atomic E-state index is -0.537. The number of β-amino-alcohol motifs (C(OH)–C–C–N with tert-alkyl or cyclic N) is 1. The Labute approximate surface area is 139 Å². The van der Waals surface area contributed by atoms with Crippen molar-refractivity contribution in [2.45, 2.75) is 38.8 Å². The molecule has 0 saturated carbocycles. The Morgan fingerprint density at radius 3 is 2.39 bits per heavy atom. The smallest absolute Gasteiger partial charge is 0.127 e. The molecule has 1 unspecified atom stereocenters. The summed E-state index contributed by atoms with van der Waals surface area (Å²) < 4.78 is 5.86.